The first-order chi connectivity index (χ1) is 17.3. The summed E-state index contributed by atoms with van der Waals surface area (Å²) in [6.07, 6.45) is 9.80. The molecule has 2 aliphatic heterocycles. The number of ketones is 1. The SMILES string of the molecule is CCC(=O)COC1=CC2C=C(Nc3nc(N4CCN(CC)CC4)ncc3Cl)C=CC2N(C(C)C)C1=O. The van der Waals surface area contributed by atoms with Gasteiger partial charge in [-0.25, -0.2) is 4.98 Å². The number of halogens is 1. The summed E-state index contributed by atoms with van der Waals surface area (Å²) in [7, 11) is 0. The van der Waals surface area contributed by atoms with Gasteiger partial charge in [-0.2, -0.15) is 4.98 Å². The van der Waals surface area contributed by atoms with Crippen LogP contribution in [0.25, 0.3) is 0 Å². The van der Waals surface area contributed by atoms with Crippen molar-refractivity contribution in [2.75, 3.05) is 49.5 Å². The van der Waals surface area contributed by atoms with E-state index in [-0.39, 0.29) is 42.1 Å². The van der Waals surface area contributed by atoms with Crippen molar-refractivity contribution in [2.45, 2.75) is 46.2 Å². The van der Waals surface area contributed by atoms with E-state index in [1.54, 1.807) is 24.1 Å². The van der Waals surface area contributed by atoms with Gasteiger partial charge in [-0.05, 0) is 32.5 Å². The summed E-state index contributed by atoms with van der Waals surface area (Å²) in [5.41, 5.74) is 0.817. The van der Waals surface area contributed by atoms with Gasteiger partial charge in [0.1, 0.15) is 11.6 Å². The average molecular weight is 515 g/mol. The van der Waals surface area contributed by atoms with Gasteiger partial charge in [0.2, 0.25) is 5.95 Å². The van der Waals surface area contributed by atoms with Gasteiger partial charge >= 0.3 is 0 Å². The van der Waals surface area contributed by atoms with Crippen LogP contribution >= 0.6 is 11.6 Å². The van der Waals surface area contributed by atoms with Crippen molar-refractivity contribution in [1.82, 2.24) is 19.8 Å². The molecule has 0 radical (unpaired) electrons. The largest absolute Gasteiger partial charge is 0.480 e. The molecule has 2 atom stereocenters. The number of allylic oxidation sites excluding steroid dienone is 1. The van der Waals surface area contributed by atoms with Crippen LogP contribution in [-0.2, 0) is 14.3 Å². The highest BCUT2D eigenvalue weighted by Crippen LogP contribution is 2.33. The number of anilines is 2. The summed E-state index contributed by atoms with van der Waals surface area (Å²) in [4.78, 5) is 40.4. The molecule has 0 spiro atoms. The van der Waals surface area contributed by atoms with Gasteiger partial charge in [-0.15, -0.1) is 0 Å². The maximum Gasteiger partial charge on any atom is 0.289 e. The Morgan fingerprint density at radius 1 is 1.22 bits per heavy atom. The first kappa shape index (κ1) is 26.2. The summed E-state index contributed by atoms with van der Waals surface area (Å²) >= 11 is 6.45. The lowest BCUT2D eigenvalue weighted by molar-refractivity contribution is -0.137. The van der Waals surface area contributed by atoms with Crippen molar-refractivity contribution in [1.29, 1.82) is 0 Å². The van der Waals surface area contributed by atoms with Crippen molar-refractivity contribution in [2.24, 2.45) is 5.92 Å². The minimum Gasteiger partial charge on any atom is -0.480 e. The molecule has 36 heavy (non-hydrogen) atoms. The molecule has 0 saturated carbocycles. The molecular weight excluding hydrogens is 480 g/mol. The second-order valence-electron chi connectivity index (χ2n) is 9.48. The van der Waals surface area contributed by atoms with E-state index < -0.39 is 0 Å². The van der Waals surface area contributed by atoms with Gasteiger partial charge in [0.15, 0.2) is 17.4 Å². The first-order valence-electron chi connectivity index (χ1n) is 12.7. The summed E-state index contributed by atoms with van der Waals surface area (Å²) < 4.78 is 5.64. The molecular formula is C26H35ClN6O3. The van der Waals surface area contributed by atoms with E-state index in [2.05, 4.69) is 27.0 Å². The minimum absolute atomic E-state index is 0.0289. The fraction of sp³-hybridized carbons (Fsp3) is 0.538. The molecule has 1 aromatic heterocycles. The van der Waals surface area contributed by atoms with Crippen molar-refractivity contribution in [3.05, 3.63) is 47.0 Å². The van der Waals surface area contributed by atoms with Crippen LogP contribution in [0.1, 0.15) is 34.1 Å². The molecule has 3 heterocycles. The molecule has 1 saturated heterocycles. The van der Waals surface area contributed by atoms with E-state index in [1.165, 1.54) is 0 Å². The number of aromatic nitrogens is 2. The molecule has 2 unspecified atom stereocenters. The Hall–Kier alpha value is -2.91. The number of piperazine rings is 1. The Bertz CT molecular complexity index is 1080. The van der Waals surface area contributed by atoms with E-state index in [0.29, 0.717) is 23.2 Å². The summed E-state index contributed by atoms with van der Waals surface area (Å²) in [5, 5.41) is 3.77. The number of nitrogens with zero attached hydrogens (tertiary/aromatic N) is 5. The molecule has 0 bridgehead atoms. The van der Waals surface area contributed by atoms with Crippen molar-refractivity contribution >= 4 is 35.1 Å². The van der Waals surface area contributed by atoms with Crippen molar-refractivity contribution in [3.63, 3.8) is 0 Å². The monoisotopic (exact) mass is 514 g/mol. The Kier molecular flexibility index (Phi) is 8.31. The lowest BCUT2D eigenvalue weighted by atomic mass is 9.87. The highest BCUT2D eigenvalue weighted by Gasteiger charge is 2.38. The molecule has 4 rings (SSSR count). The predicted octanol–water partition coefficient (Wildman–Crippen LogP) is 3.25. The Balaban J connectivity index is 1.54. The third kappa shape index (κ3) is 5.73. The number of rotatable bonds is 9. The van der Waals surface area contributed by atoms with E-state index >= 15 is 0 Å². The zero-order chi connectivity index (χ0) is 25.8. The van der Waals surface area contributed by atoms with E-state index in [4.69, 9.17) is 21.3 Å². The standard InChI is InChI=1S/C26H35ClN6O3/c1-5-20(34)16-36-23-14-18-13-19(7-8-22(18)33(17(3)4)25(23)35)29-24-21(27)15-28-26(30-24)32-11-9-31(6-2)10-12-32/h7-8,13-15,17-18,22H,5-6,9-12,16H2,1-4H3,(H,28,29,30). The van der Waals surface area contributed by atoms with Gasteiger partial charge < -0.3 is 24.8 Å². The van der Waals surface area contributed by atoms with Crippen LogP contribution in [0.15, 0.2) is 42.0 Å². The molecule has 1 amide bonds. The number of Topliss-reactive ketones (excluding diaryl/α,β-unsaturated/α-hetero) is 1. The minimum atomic E-state index is -0.198. The number of hydrogen-bond donors (Lipinski definition) is 1. The molecule has 1 N–H and O–H groups in total. The predicted molar refractivity (Wildman–Crippen MR) is 141 cm³/mol. The van der Waals surface area contributed by atoms with Crippen LogP contribution < -0.4 is 10.2 Å². The second kappa shape index (κ2) is 11.4. The maximum absolute atomic E-state index is 13.1. The van der Waals surface area contributed by atoms with Crippen LogP contribution in [0.3, 0.4) is 0 Å². The van der Waals surface area contributed by atoms with Crippen LogP contribution in [-0.4, -0.2) is 82.9 Å². The summed E-state index contributed by atoms with van der Waals surface area (Å²) in [6.45, 7) is 12.5. The number of nitrogens with one attached hydrogen (secondary N) is 1. The van der Waals surface area contributed by atoms with Crippen LogP contribution in [0.5, 0.6) is 0 Å². The van der Waals surface area contributed by atoms with Crippen LogP contribution in [0, 0.1) is 5.92 Å². The number of hydrogen-bond acceptors (Lipinski definition) is 8. The zero-order valence-electron chi connectivity index (χ0n) is 21.4. The Labute approximate surface area is 217 Å². The number of carbonyl (C=O) groups excluding carboxylic acids is 2. The van der Waals surface area contributed by atoms with E-state index in [0.717, 1.165) is 38.4 Å². The van der Waals surface area contributed by atoms with Crippen LogP contribution in [0.4, 0.5) is 11.8 Å². The third-order valence-electron chi connectivity index (χ3n) is 6.79. The molecule has 3 aliphatic rings. The highest BCUT2D eigenvalue weighted by atomic mass is 35.5. The second-order valence-corrected chi connectivity index (χ2v) is 9.89. The Morgan fingerprint density at radius 3 is 2.64 bits per heavy atom. The Morgan fingerprint density at radius 2 is 1.97 bits per heavy atom. The third-order valence-corrected chi connectivity index (χ3v) is 7.06. The van der Waals surface area contributed by atoms with E-state index in [9.17, 15) is 9.59 Å². The van der Waals surface area contributed by atoms with Gasteiger partial charge in [0.05, 0.1) is 12.2 Å². The topological polar surface area (TPSA) is 90.9 Å². The molecule has 10 heteroatoms. The zero-order valence-corrected chi connectivity index (χ0v) is 22.2. The molecule has 1 fully saturated rings. The summed E-state index contributed by atoms with van der Waals surface area (Å²) in [6, 6.07) is -0.164. The van der Waals surface area contributed by atoms with Gasteiger partial charge in [-0.1, -0.05) is 37.6 Å². The maximum atomic E-state index is 13.1. The quantitative estimate of drug-likeness (QED) is 0.537. The number of likely N-dealkylation sites (N-methyl/N-ethyl adjacent to an activating group) is 1. The summed E-state index contributed by atoms with van der Waals surface area (Å²) in [5.74, 6) is 1.04. The number of ether oxygens (including phenoxy) is 1. The van der Waals surface area contributed by atoms with Gasteiger partial charge in [0, 0.05) is 50.3 Å². The molecule has 0 aromatic carbocycles. The number of carbonyl (C=O) groups is 2. The first-order valence-corrected chi connectivity index (χ1v) is 13.0. The number of fused-ring (bicyclic) bond motifs is 1. The van der Waals surface area contributed by atoms with Gasteiger partial charge in [0.25, 0.3) is 5.91 Å². The normalized spacial score (nSPS) is 22.3. The fourth-order valence-electron chi connectivity index (χ4n) is 4.66. The molecule has 1 aliphatic carbocycles. The van der Waals surface area contributed by atoms with Gasteiger partial charge in [-0.3, -0.25) is 9.59 Å². The highest BCUT2D eigenvalue weighted by molar-refractivity contribution is 6.32. The lowest BCUT2D eigenvalue weighted by Crippen LogP contribution is -2.51. The average Bonchev–Trinajstić information content (AvgIpc) is 2.88. The molecule has 1 aromatic rings. The lowest BCUT2D eigenvalue weighted by Gasteiger charge is -2.41. The number of amides is 1. The smallest absolute Gasteiger partial charge is 0.289 e. The van der Waals surface area contributed by atoms with Crippen molar-refractivity contribution in [3.8, 4) is 0 Å². The van der Waals surface area contributed by atoms with E-state index in [1.807, 2.05) is 32.1 Å². The van der Waals surface area contributed by atoms with Crippen LogP contribution in [0.2, 0.25) is 5.02 Å². The van der Waals surface area contributed by atoms with Crippen molar-refractivity contribution < 1.29 is 14.3 Å². The fourth-order valence-corrected chi connectivity index (χ4v) is 4.79. The molecule has 194 valence electrons. The molecule has 9 nitrogen and oxygen atoms in total.